The number of nitrogens with zero attached hydrogens (tertiary/aromatic N) is 4. The van der Waals surface area contributed by atoms with Crippen LogP contribution in [0.25, 0.3) is 11.4 Å². The van der Waals surface area contributed by atoms with Gasteiger partial charge in [-0.25, -0.2) is 0 Å². The van der Waals surface area contributed by atoms with Crippen LogP contribution in [0.5, 0.6) is 0 Å². The highest BCUT2D eigenvalue weighted by Crippen LogP contribution is 2.26. The number of benzene rings is 2. The van der Waals surface area contributed by atoms with Gasteiger partial charge in [-0.15, -0.1) is 22.0 Å². The molecule has 1 N–H and O–H groups in total. The Kier molecular flexibility index (Phi) is 6.36. The van der Waals surface area contributed by atoms with Crippen LogP contribution in [0.2, 0.25) is 0 Å². The summed E-state index contributed by atoms with van der Waals surface area (Å²) in [5.74, 6) is 2.01. The molecule has 2 amide bonds. The molecule has 4 rings (SSSR count). The Hall–Kier alpha value is -3.13. The van der Waals surface area contributed by atoms with E-state index in [2.05, 4.69) is 20.1 Å². The number of aromatic nitrogens is 3. The summed E-state index contributed by atoms with van der Waals surface area (Å²) in [6.45, 7) is 0.945. The monoisotopic (exact) mass is 435 g/mol. The van der Waals surface area contributed by atoms with Gasteiger partial charge >= 0.3 is 0 Å². The van der Waals surface area contributed by atoms with E-state index in [1.807, 2.05) is 42.5 Å². The van der Waals surface area contributed by atoms with Crippen molar-refractivity contribution in [3.63, 3.8) is 0 Å². The van der Waals surface area contributed by atoms with Gasteiger partial charge in [0.25, 0.3) is 5.91 Å². The summed E-state index contributed by atoms with van der Waals surface area (Å²) >= 11 is 1.37. The average Bonchev–Trinajstić information content (AvgIpc) is 3.22. The molecule has 0 saturated carbocycles. The van der Waals surface area contributed by atoms with E-state index in [9.17, 15) is 9.59 Å². The summed E-state index contributed by atoms with van der Waals surface area (Å²) in [6, 6.07) is 15.0. The minimum atomic E-state index is -0.201. The van der Waals surface area contributed by atoms with Crippen LogP contribution in [0.1, 0.15) is 29.0 Å². The van der Waals surface area contributed by atoms with Crippen LogP contribution in [0.3, 0.4) is 0 Å². The normalized spacial score (nSPS) is 12.8. The number of hydrogen-bond acceptors (Lipinski definition) is 5. The molecule has 1 aliphatic heterocycles. The SMILES string of the molecule is CN(C)C(=O)CSc1ccccc1C(=O)Nc1ccc(-c2nnc3n2CCCC3)cc1. The van der Waals surface area contributed by atoms with E-state index in [4.69, 9.17) is 0 Å². The molecule has 31 heavy (non-hydrogen) atoms. The van der Waals surface area contributed by atoms with Crippen LogP contribution >= 0.6 is 11.8 Å². The molecule has 7 nitrogen and oxygen atoms in total. The van der Waals surface area contributed by atoms with Crippen molar-refractivity contribution in [1.29, 1.82) is 0 Å². The van der Waals surface area contributed by atoms with Gasteiger partial charge in [0, 0.05) is 43.2 Å². The molecule has 8 heteroatoms. The van der Waals surface area contributed by atoms with Gasteiger partial charge in [-0.1, -0.05) is 12.1 Å². The summed E-state index contributed by atoms with van der Waals surface area (Å²) in [5, 5.41) is 11.6. The molecule has 160 valence electrons. The molecule has 0 aliphatic carbocycles. The van der Waals surface area contributed by atoms with Crippen LogP contribution in [-0.4, -0.2) is 51.3 Å². The Balaban J connectivity index is 1.46. The van der Waals surface area contributed by atoms with Crippen LogP contribution < -0.4 is 5.32 Å². The minimum Gasteiger partial charge on any atom is -0.348 e. The Bertz CT molecular complexity index is 1090. The number of carbonyl (C=O) groups is 2. The number of hydrogen-bond donors (Lipinski definition) is 1. The first-order valence-corrected chi connectivity index (χ1v) is 11.3. The van der Waals surface area contributed by atoms with E-state index in [0.29, 0.717) is 11.3 Å². The molecule has 0 unspecified atom stereocenters. The lowest BCUT2D eigenvalue weighted by molar-refractivity contribution is -0.125. The van der Waals surface area contributed by atoms with Crippen molar-refractivity contribution in [1.82, 2.24) is 19.7 Å². The van der Waals surface area contributed by atoms with Gasteiger partial charge in [0.15, 0.2) is 5.82 Å². The standard InChI is InChI=1S/C23H25N5O2S/c1-27(2)21(29)15-31-19-8-4-3-7-18(19)23(30)24-17-12-10-16(11-13-17)22-26-25-20-9-5-6-14-28(20)22/h3-4,7-8,10-13H,5-6,9,14-15H2,1-2H3,(H,24,30). The van der Waals surface area contributed by atoms with Crippen LogP contribution in [0.4, 0.5) is 5.69 Å². The summed E-state index contributed by atoms with van der Waals surface area (Å²) < 4.78 is 2.18. The second-order valence-corrected chi connectivity index (χ2v) is 8.67. The van der Waals surface area contributed by atoms with Gasteiger partial charge in [0.2, 0.25) is 5.91 Å². The second-order valence-electron chi connectivity index (χ2n) is 7.65. The Morgan fingerprint density at radius 1 is 1.06 bits per heavy atom. The molecule has 1 aromatic heterocycles. The number of rotatable bonds is 6. The first-order valence-electron chi connectivity index (χ1n) is 10.3. The lowest BCUT2D eigenvalue weighted by Gasteiger charge is -2.15. The molecular weight excluding hydrogens is 410 g/mol. The van der Waals surface area contributed by atoms with Crippen molar-refractivity contribution >= 4 is 29.3 Å². The summed E-state index contributed by atoms with van der Waals surface area (Å²) in [6.07, 6.45) is 3.27. The predicted molar refractivity (Wildman–Crippen MR) is 122 cm³/mol. The fraction of sp³-hybridized carbons (Fsp3) is 0.304. The second kappa shape index (κ2) is 9.34. The molecule has 2 aromatic carbocycles. The largest absolute Gasteiger partial charge is 0.348 e. The zero-order valence-corrected chi connectivity index (χ0v) is 18.5. The van der Waals surface area contributed by atoms with Gasteiger partial charge in [-0.05, 0) is 49.2 Å². The predicted octanol–water partition coefficient (Wildman–Crippen LogP) is 3.71. The first-order chi connectivity index (χ1) is 15.0. The van der Waals surface area contributed by atoms with E-state index in [1.54, 1.807) is 25.1 Å². The zero-order valence-electron chi connectivity index (χ0n) is 17.7. The molecule has 0 fully saturated rings. The Morgan fingerprint density at radius 2 is 1.84 bits per heavy atom. The molecule has 0 saturated heterocycles. The van der Waals surface area contributed by atoms with Crippen molar-refractivity contribution in [2.45, 2.75) is 30.7 Å². The van der Waals surface area contributed by atoms with Crippen molar-refractivity contribution in [3.05, 3.63) is 59.9 Å². The maximum atomic E-state index is 12.9. The molecule has 1 aliphatic rings. The molecule has 0 spiro atoms. The van der Waals surface area contributed by atoms with E-state index in [0.717, 1.165) is 47.9 Å². The third-order valence-electron chi connectivity index (χ3n) is 5.24. The van der Waals surface area contributed by atoms with Crippen LogP contribution in [0, 0.1) is 0 Å². The first kappa shape index (κ1) is 21.1. The Morgan fingerprint density at radius 3 is 2.61 bits per heavy atom. The lowest BCUT2D eigenvalue weighted by Crippen LogP contribution is -2.23. The molecular formula is C23H25N5O2S. The minimum absolute atomic E-state index is 0.00599. The molecule has 3 aromatic rings. The van der Waals surface area contributed by atoms with Gasteiger partial charge in [-0.2, -0.15) is 0 Å². The number of amides is 2. The average molecular weight is 436 g/mol. The topological polar surface area (TPSA) is 80.1 Å². The van der Waals surface area contributed by atoms with E-state index < -0.39 is 0 Å². The quantitative estimate of drug-likeness (QED) is 0.597. The summed E-state index contributed by atoms with van der Waals surface area (Å²) in [5.41, 5.74) is 2.24. The van der Waals surface area contributed by atoms with Crippen molar-refractivity contribution < 1.29 is 9.59 Å². The summed E-state index contributed by atoms with van der Waals surface area (Å²) in [7, 11) is 3.45. The fourth-order valence-corrected chi connectivity index (χ4v) is 4.50. The van der Waals surface area contributed by atoms with E-state index in [-0.39, 0.29) is 17.6 Å². The highest BCUT2D eigenvalue weighted by Gasteiger charge is 2.17. The maximum absolute atomic E-state index is 12.9. The van der Waals surface area contributed by atoms with Gasteiger partial charge in [0.1, 0.15) is 5.82 Å². The maximum Gasteiger partial charge on any atom is 0.256 e. The lowest BCUT2D eigenvalue weighted by atomic mass is 10.1. The van der Waals surface area contributed by atoms with Gasteiger partial charge < -0.3 is 14.8 Å². The van der Waals surface area contributed by atoms with Crippen molar-refractivity contribution in [2.24, 2.45) is 0 Å². The molecule has 2 heterocycles. The summed E-state index contributed by atoms with van der Waals surface area (Å²) in [4.78, 5) is 27.1. The molecule has 0 radical (unpaired) electrons. The number of aryl methyl sites for hydroxylation is 1. The smallest absolute Gasteiger partial charge is 0.256 e. The van der Waals surface area contributed by atoms with Gasteiger partial charge in [0.05, 0.1) is 11.3 Å². The number of carbonyl (C=O) groups excluding carboxylic acids is 2. The fourth-order valence-electron chi connectivity index (χ4n) is 3.47. The van der Waals surface area contributed by atoms with E-state index in [1.165, 1.54) is 11.8 Å². The third-order valence-corrected chi connectivity index (χ3v) is 6.30. The van der Waals surface area contributed by atoms with E-state index >= 15 is 0 Å². The van der Waals surface area contributed by atoms with Crippen LogP contribution in [-0.2, 0) is 17.8 Å². The number of anilines is 1. The molecule has 0 bridgehead atoms. The molecule has 0 atom stereocenters. The van der Waals surface area contributed by atoms with Crippen molar-refractivity contribution in [2.75, 3.05) is 25.2 Å². The van der Waals surface area contributed by atoms with Crippen LogP contribution in [0.15, 0.2) is 53.4 Å². The number of thioether (sulfide) groups is 1. The number of nitrogens with one attached hydrogen (secondary N) is 1. The van der Waals surface area contributed by atoms with Crippen molar-refractivity contribution in [3.8, 4) is 11.4 Å². The number of fused-ring (bicyclic) bond motifs is 1. The zero-order chi connectivity index (χ0) is 21.8. The third kappa shape index (κ3) is 4.80. The highest BCUT2D eigenvalue weighted by molar-refractivity contribution is 8.00. The highest BCUT2D eigenvalue weighted by atomic mass is 32.2. The van der Waals surface area contributed by atoms with Gasteiger partial charge in [-0.3, -0.25) is 9.59 Å². The Labute approximate surface area is 185 Å².